The van der Waals surface area contributed by atoms with Gasteiger partial charge in [-0.3, -0.25) is 9.59 Å². The van der Waals surface area contributed by atoms with Crippen molar-refractivity contribution >= 4 is 23.5 Å². The van der Waals surface area contributed by atoms with Crippen LogP contribution in [0.5, 0.6) is 5.75 Å². The van der Waals surface area contributed by atoms with Crippen molar-refractivity contribution in [1.29, 1.82) is 0 Å². The molecule has 2 aromatic rings. The average molecular weight is 323 g/mol. The summed E-state index contributed by atoms with van der Waals surface area (Å²) in [4.78, 5) is 23.4. The Kier molecular flexibility index (Phi) is 5.53. The fourth-order valence-electron chi connectivity index (χ4n) is 2.27. The van der Waals surface area contributed by atoms with Gasteiger partial charge in [0.25, 0.3) is 0 Å². The predicted octanol–water partition coefficient (Wildman–Crippen LogP) is 4.37. The van der Waals surface area contributed by atoms with Crippen molar-refractivity contribution in [3.05, 3.63) is 65.2 Å². The van der Waals surface area contributed by atoms with Crippen molar-refractivity contribution in [2.75, 3.05) is 5.32 Å². The number of benzene rings is 2. The second-order valence-corrected chi connectivity index (χ2v) is 5.93. The summed E-state index contributed by atoms with van der Waals surface area (Å²) in [7, 11) is 0. The van der Waals surface area contributed by atoms with E-state index >= 15 is 0 Å². The molecular weight excluding hydrogens is 302 g/mol. The lowest BCUT2D eigenvalue weighted by molar-refractivity contribution is -0.114. The summed E-state index contributed by atoms with van der Waals surface area (Å²) in [5, 5.41) is 12.5. The lowest BCUT2D eigenvalue weighted by Gasteiger charge is -2.06. The van der Waals surface area contributed by atoms with Crippen LogP contribution in [0.15, 0.2) is 48.5 Å². The van der Waals surface area contributed by atoms with E-state index in [-0.39, 0.29) is 23.0 Å². The molecule has 0 atom stereocenters. The van der Waals surface area contributed by atoms with E-state index in [9.17, 15) is 14.7 Å². The maximum atomic E-state index is 12.3. The Morgan fingerprint density at radius 3 is 2.33 bits per heavy atom. The summed E-state index contributed by atoms with van der Waals surface area (Å²) in [5.74, 6) is -0.223. The van der Waals surface area contributed by atoms with Gasteiger partial charge in [0.15, 0.2) is 5.78 Å². The van der Waals surface area contributed by atoms with Gasteiger partial charge < -0.3 is 10.4 Å². The summed E-state index contributed by atoms with van der Waals surface area (Å²) in [6.07, 6.45) is 3.12. The van der Waals surface area contributed by atoms with Crippen molar-refractivity contribution < 1.29 is 14.7 Å². The Bertz CT molecular complexity index is 774. The van der Waals surface area contributed by atoms with Crippen LogP contribution >= 0.6 is 0 Å². The Morgan fingerprint density at radius 2 is 1.75 bits per heavy atom. The monoisotopic (exact) mass is 323 g/mol. The van der Waals surface area contributed by atoms with Gasteiger partial charge in [0, 0.05) is 12.6 Å². The Balaban J connectivity index is 2.18. The second-order valence-electron chi connectivity index (χ2n) is 5.93. The van der Waals surface area contributed by atoms with Crippen molar-refractivity contribution in [1.82, 2.24) is 0 Å². The fraction of sp³-hybridized carbons (Fsp3) is 0.200. The number of rotatable bonds is 5. The minimum Gasteiger partial charge on any atom is -0.507 e. The number of anilines is 1. The van der Waals surface area contributed by atoms with Gasteiger partial charge in [0.1, 0.15) is 5.75 Å². The number of ketones is 1. The molecule has 0 aliphatic carbocycles. The number of phenolic OH excluding ortho intramolecular Hbond substituents is 1. The van der Waals surface area contributed by atoms with Gasteiger partial charge in [-0.25, -0.2) is 0 Å². The maximum Gasteiger partial charge on any atom is 0.221 e. The molecule has 2 N–H and O–H groups in total. The first-order chi connectivity index (χ1) is 11.4. The van der Waals surface area contributed by atoms with E-state index in [0.717, 1.165) is 5.56 Å². The molecule has 0 aliphatic heterocycles. The average Bonchev–Trinajstić information content (AvgIpc) is 2.54. The van der Waals surface area contributed by atoms with Crippen molar-refractivity contribution in [3.8, 4) is 5.75 Å². The molecule has 0 aliphatic rings. The molecule has 0 fully saturated rings. The quantitative estimate of drug-likeness (QED) is 0.488. The van der Waals surface area contributed by atoms with Crippen molar-refractivity contribution in [2.45, 2.75) is 26.7 Å². The summed E-state index contributed by atoms with van der Waals surface area (Å²) in [6, 6.07) is 12.4. The highest BCUT2D eigenvalue weighted by atomic mass is 16.3. The molecule has 0 spiro atoms. The Morgan fingerprint density at radius 1 is 1.08 bits per heavy atom. The van der Waals surface area contributed by atoms with Gasteiger partial charge in [-0.1, -0.05) is 44.2 Å². The van der Waals surface area contributed by atoms with E-state index in [1.165, 1.54) is 30.7 Å². The number of phenols is 1. The molecule has 0 radical (unpaired) electrons. The molecule has 4 nitrogen and oxygen atoms in total. The van der Waals surface area contributed by atoms with Crippen LogP contribution in [-0.2, 0) is 4.79 Å². The van der Waals surface area contributed by atoms with E-state index in [4.69, 9.17) is 0 Å². The van der Waals surface area contributed by atoms with E-state index in [2.05, 4.69) is 19.2 Å². The summed E-state index contributed by atoms with van der Waals surface area (Å²) in [6.45, 7) is 5.63. The molecule has 2 rings (SSSR count). The van der Waals surface area contributed by atoms with Crippen LogP contribution in [0, 0.1) is 0 Å². The van der Waals surface area contributed by atoms with Gasteiger partial charge in [-0.05, 0) is 41.3 Å². The third-order valence-corrected chi connectivity index (χ3v) is 3.61. The number of hydrogen-bond acceptors (Lipinski definition) is 3. The zero-order valence-electron chi connectivity index (χ0n) is 14.0. The van der Waals surface area contributed by atoms with Crippen LogP contribution in [0.3, 0.4) is 0 Å². The van der Waals surface area contributed by atoms with Gasteiger partial charge >= 0.3 is 0 Å². The maximum absolute atomic E-state index is 12.3. The number of aromatic hydroxyl groups is 1. The molecule has 0 saturated carbocycles. The van der Waals surface area contributed by atoms with Gasteiger partial charge in [-0.2, -0.15) is 0 Å². The minimum atomic E-state index is -0.326. The van der Waals surface area contributed by atoms with Gasteiger partial charge in [0.2, 0.25) is 5.91 Å². The number of allylic oxidation sites excluding steroid dienone is 1. The number of amides is 1. The van der Waals surface area contributed by atoms with Crippen LogP contribution in [0.4, 0.5) is 5.69 Å². The standard InChI is InChI=1S/C20H21NO3/c1-13(2)16-7-4-15(5-8-16)6-10-19(23)18-12-17(21-14(3)22)9-11-20(18)24/h4-13,24H,1-3H3,(H,21,22). The lowest BCUT2D eigenvalue weighted by Crippen LogP contribution is -2.06. The Hall–Kier alpha value is -2.88. The minimum absolute atomic E-state index is 0.117. The largest absolute Gasteiger partial charge is 0.507 e. The molecule has 0 saturated heterocycles. The zero-order valence-corrected chi connectivity index (χ0v) is 14.0. The second kappa shape index (κ2) is 7.59. The number of hydrogen-bond donors (Lipinski definition) is 2. The van der Waals surface area contributed by atoms with Crippen LogP contribution in [0.25, 0.3) is 6.08 Å². The summed E-state index contributed by atoms with van der Waals surface area (Å²) in [5.41, 5.74) is 2.76. The first-order valence-electron chi connectivity index (χ1n) is 7.80. The van der Waals surface area contributed by atoms with Crippen molar-refractivity contribution in [3.63, 3.8) is 0 Å². The molecule has 124 valence electrons. The first kappa shape index (κ1) is 17.5. The smallest absolute Gasteiger partial charge is 0.221 e. The van der Waals surface area contributed by atoms with Crippen molar-refractivity contribution in [2.24, 2.45) is 0 Å². The Labute approximate surface area is 141 Å². The molecule has 0 unspecified atom stereocenters. The molecule has 2 aromatic carbocycles. The van der Waals surface area contributed by atoms with Crippen LogP contribution < -0.4 is 5.32 Å². The van der Waals surface area contributed by atoms with Crippen LogP contribution in [0.2, 0.25) is 0 Å². The van der Waals surface area contributed by atoms with E-state index < -0.39 is 0 Å². The van der Waals surface area contributed by atoms with E-state index in [1.807, 2.05) is 24.3 Å². The topological polar surface area (TPSA) is 66.4 Å². The molecule has 0 aromatic heterocycles. The lowest BCUT2D eigenvalue weighted by atomic mass is 10.0. The fourth-order valence-corrected chi connectivity index (χ4v) is 2.27. The number of carbonyl (C=O) groups is 2. The zero-order chi connectivity index (χ0) is 17.7. The predicted molar refractivity (Wildman–Crippen MR) is 96.3 cm³/mol. The number of carbonyl (C=O) groups excluding carboxylic acids is 2. The molecule has 24 heavy (non-hydrogen) atoms. The number of nitrogens with one attached hydrogen (secondary N) is 1. The van der Waals surface area contributed by atoms with Gasteiger partial charge in [-0.15, -0.1) is 0 Å². The molecule has 4 heteroatoms. The van der Waals surface area contributed by atoms with E-state index in [1.54, 1.807) is 12.1 Å². The SMILES string of the molecule is CC(=O)Nc1ccc(O)c(C(=O)C=Cc2ccc(C(C)C)cc2)c1. The van der Waals surface area contributed by atoms with Crippen LogP contribution in [-0.4, -0.2) is 16.8 Å². The van der Waals surface area contributed by atoms with Gasteiger partial charge in [0.05, 0.1) is 5.56 Å². The molecule has 0 heterocycles. The first-order valence-corrected chi connectivity index (χ1v) is 7.80. The molecule has 1 amide bonds. The van der Waals surface area contributed by atoms with E-state index in [0.29, 0.717) is 11.6 Å². The van der Waals surface area contributed by atoms with Crippen LogP contribution in [0.1, 0.15) is 48.2 Å². The normalized spacial score (nSPS) is 11.0. The highest BCUT2D eigenvalue weighted by molar-refractivity contribution is 6.09. The molecule has 0 bridgehead atoms. The summed E-state index contributed by atoms with van der Waals surface area (Å²) < 4.78 is 0. The molecular formula is C20H21NO3. The third kappa shape index (κ3) is 4.56. The summed E-state index contributed by atoms with van der Waals surface area (Å²) >= 11 is 0. The third-order valence-electron chi connectivity index (χ3n) is 3.61. The highest BCUT2D eigenvalue weighted by Crippen LogP contribution is 2.23. The highest BCUT2D eigenvalue weighted by Gasteiger charge is 2.10.